The number of azide groups is 1. The van der Waals surface area contributed by atoms with Crippen LogP contribution in [0.25, 0.3) is 10.4 Å². The van der Waals surface area contributed by atoms with Gasteiger partial charge in [-0.15, -0.1) is 0 Å². The van der Waals surface area contributed by atoms with Crippen LogP contribution in [0.5, 0.6) is 0 Å². The number of hydrogen-bond acceptors (Lipinski definition) is 37. The minimum Gasteiger partial charge on any atom is -0.463 e. The van der Waals surface area contributed by atoms with Crippen molar-refractivity contribution < 1.29 is 172 Å². The lowest BCUT2D eigenvalue weighted by Crippen LogP contribution is -2.66. The number of unbranched alkanes of at least 4 members (excludes halogenated alkanes) is 3. The van der Waals surface area contributed by atoms with Gasteiger partial charge < -0.3 is 133 Å². The van der Waals surface area contributed by atoms with Gasteiger partial charge in [0.25, 0.3) is 0 Å². The third-order valence-electron chi connectivity index (χ3n) is 18.6. The average molecular weight is 1830 g/mol. The summed E-state index contributed by atoms with van der Waals surface area (Å²) in [4.78, 5) is 225. The number of nitrogens with one attached hydrogen (secondary N) is 9. The fourth-order valence-corrected chi connectivity index (χ4v) is 13.0. The molecular weight excluding hydrogens is 1700 g/mol. The molecule has 0 aromatic rings. The SMILES string of the molecule is CC(=O)NC1C(OC(C)=O)[C@@H](OC(C)=O)C(COC(C)=O)O[C@H]1OCCCCC(=O)NCCCNC(=O)CCOCC(CN=[N+]=[N-])(COCCC(=O)NCCCNC(=O)CCCCO[C@@H]1OC(COC(C)=O)[C@H](OC(C)=O)C(OC(C)=O)C1NC(C)=O)COCCC(=O)NCCCNC(=O)CCCCO[C@@H]1OC(COC(C)=O)[C@H](OC(C)=O)C(OC(C)=O)C1NC(C)=O. The van der Waals surface area contributed by atoms with Gasteiger partial charge in [-0.3, -0.25) is 86.3 Å². The largest absolute Gasteiger partial charge is 0.463 e. The minimum atomic E-state index is -1.31. The highest BCUT2D eigenvalue weighted by atomic mass is 16.7. The molecule has 128 heavy (non-hydrogen) atoms. The number of esters is 9. The molecule has 0 aliphatic carbocycles. The van der Waals surface area contributed by atoms with E-state index in [0.717, 1.165) is 62.3 Å². The molecular formula is C80H128N12O36. The molecule has 3 heterocycles. The number of carbonyl (C=O) groups is 18. The molecule has 3 saturated heterocycles. The molecule has 9 amide bonds. The second-order valence-corrected chi connectivity index (χ2v) is 30.1. The quantitative estimate of drug-likeness (QED) is 0.00871. The van der Waals surface area contributed by atoms with Crippen LogP contribution >= 0.6 is 0 Å². The van der Waals surface area contributed by atoms with Crippen molar-refractivity contribution in [2.45, 2.75) is 271 Å². The summed E-state index contributed by atoms with van der Waals surface area (Å²) < 4.78 is 102. The van der Waals surface area contributed by atoms with Crippen LogP contribution in [0, 0.1) is 5.41 Å². The van der Waals surface area contributed by atoms with Crippen LogP contribution in [0.15, 0.2) is 5.11 Å². The summed E-state index contributed by atoms with van der Waals surface area (Å²) in [5.74, 6) is -10.4. The molecule has 48 heteroatoms. The summed E-state index contributed by atoms with van der Waals surface area (Å²) in [6, 6.07) is -3.49. The van der Waals surface area contributed by atoms with Crippen molar-refractivity contribution in [2.75, 3.05) is 125 Å². The first-order valence-electron chi connectivity index (χ1n) is 42.2. The van der Waals surface area contributed by atoms with Crippen molar-refractivity contribution in [3.05, 3.63) is 10.4 Å². The molecule has 724 valence electrons. The number of hydrogen-bond donors (Lipinski definition) is 9. The molecule has 3 aliphatic rings. The lowest BCUT2D eigenvalue weighted by molar-refractivity contribution is -0.277. The van der Waals surface area contributed by atoms with E-state index in [9.17, 15) is 91.8 Å². The average Bonchev–Trinajstić information content (AvgIpc) is 0.795. The molecule has 3 rings (SSSR count). The van der Waals surface area contributed by atoms with Gasteiger partial charge in [0.1, 0.15) is 56.3 Å². The molecule has 0 radical (unpaired) electrons. The second-order valence-electron chi connectivity index (χ2n) is 30.1. The van der Waals surface area contributed by atoms with Gasteiger partial charge in [-0.1, -0.05) is 5.11 Å². The van der Waals surface area contributed by atoms with E-state index in [0.29, 0.717) is 57.8 Å². The molecule has 0 aromatic carbocycles. The summed E-state index contributed by atoms with van der Waals surface area (Å²) in [5.41, 5.74) is 8.27. The normalized spacial score (nSPS) is 22.0. The van der Waals surface area contributed by atoms with Crippen LogP contribution in [-0.2, 0) is 172 Å². The van der Waals surface area contributed by atoms with E-state index in [-0.39, 0.29) is 162 Å². The van der Waals surface area contributed by atoms with Crippen molar-refractivity contribution in [3.63, 3.8) is 0 Å². The lowest BCUT2D eigenvalue weighted by Gasteiger charge is -2.44. The maximum atomic E-state index is 13.0. The highest BCUT2D eigenvalue weighted by Crippen LogP contribution is 2.32. The van der Waals surface area contributed by atoms with Gasteiger partial charge in [-0.2, -0.15) is 0 Å². The Morgan fingerprint density at radius 3 is 0.758 bits per heavy atom. The Morgan fingerprint density at radius 2 is 0.539 bits per heavy atom. The molecule has 3 fully saturated rings. The van der Waals surface area contributed by atoms with Crippen LogP contribution in [0.1, 0.15) is 179 Å². The molecule has 0 saturated carbocycles. The third-order valence-corrected chi connectivity index (χ3v) is 18.6. The van der Waals surface area contributed by atoms with E-state index in [1.807, 2.05) is 0 Å². The first kappa shape index (κ1) is 112. The summed E-state index contributed by atoms with van der Waals surface area (Å²) in [5, 5.41) is 28.2. The van der Waals surface area contributed by atoms with Crippen LogP contribution < -0.4 is 47.9 Å². The highest BCUT2D eigenvalue weighted by Gasteiger charge is 2.54. The number of carbonyl (C=O) groups excluding carboxylic acids is 18. The van der Waals surface area contributed by atoms with E-state index >= 15 is 0 Å². The van der Waals surface area contributed by atoms with Gasteiger partial charge >= 0.3 is 53.7 Å². The number of amides is 9. The summed E-state index contributed by atoms with van der Waals surface area (Å²) in [6.45, 7) is 12.4. The molecule has 0 aromatic heterocycles. The smallest absolute Gasteiger partial charge is 0.303 e. The van der Waals surface area contributed by atoms with Gasteiger partial charge in [0.15, 0.2) is 55.5 Å². The van der Waals surface area contributed by atoms with Gasteiger partial charge in [-0.25, -0.2) is 0 Å². The molecule has 9 unspecified atom stereocenters. The first-order valence-corrected chi connectivity index (χ1v) is 42.2. The second kappa shape index (κ2) is 62.6. The van der Waals surface area contributed by atoms with Gasteiger partial charge in [-0.05, 0) is 63.3 Å². The van der Waals surface area contributed by atoms with Crippen LogP contribution in [0.4, 0.5) is 0 Å². The molecule has 9 N–H and O–H groups in total. The van der Waals surface area contributed by atoms with Crippen molar-refractivity contribution >= 4 is 107 Å². The maximum Gasteiger partial charge on any atom is 0.303 e. The zero-order valence-electron chi connectivity index (χ0n) is 74.7. The summed E-state index contributed by atoms with van der Waals surface area (Å²) in [6.07, 6.45) is -12.3. The van der Waals surface area contributed by atoms with E-state index in [2.05, 4.69) is 57.9 Å². The molecule has 15 atom stereocenters. The number of rotatable bonds is 62. The van der Waals surface area contributed by atoms with Crippen LogP contribution in [0.2, 0.25) is 0 Å². The topological polar surface area (TPSA) is 630 Å². The zero-order valence-corrected chi connectivity index (χ0v) is 74.7. The number of ether oxygens (including phenoxy) is 18. The standard InChI is InChI=1S/C80H128N12O36/c1-47(93)89-68-74(123-56(10)102)71(120-53(7)99)59(40-117-50(4)96)126-77(68)114-34-16-13-22-62(105)82-28-19-31-85-65(108)25-37-111-44-80(43-88-92-81,45-112-38-26-66(109)86-32-20-29-83-63(106)23-14-17-35-115-78-69(90-48(2)94)75(124-57(11)103)72(121-54(8)100)60(127-78)41-118-51(5)97)46-113-39-27-67(110)87-33-21-30-84-64(107)24-15-18-36-116-79-70(91-49(3)95)76(125-58(12)104)73(122-55(9)101)61(128-79)42-119-52(6)98/h59-61,68-79H,13-46H2,1-12H3,(H,82,105)(H,83,106)(H,84,107)(H,85,108)(H,86,109)(H,87,110)(H,89,93)(H,90,94)(H,91,95)/t59?,60?,61?,68?,69?,70?,71-,72-,73-,74?,75?,76?,77+,78+,79+,80?/m0/s1. The molecule has 0 spiro atoms. The molecule has 48 nitrogen and oxygen atoms in total. The fraction of sp³-hybridized carbons (Fsp3) is 0.775. The summed E-state index contributed by atoms with van der Waals surface area (Å²) >= 11 is 0. The zero-order chi connectivity index (χ0) is 95.1. The van der Waals surface area contributed by atoms with Crippen molar-refractivity contribution in [1.29, 1.82) is 0 Å². The van der Waals surface area contributed by atoms with Gasteiger partial charge in [0.05, 0.1) is 39.6 Å². The van der Waals surface area contributed by atoms with Gasteiger partial charge in [0.2, 0.25) is 53.2 Å². The number of nitrogens with zero attached hydrogens (tertiary/aromatic N) is 3. The highest BCUT2D eigenvalue weighted by molar-refractivity contribution is 5.79. The van der Waals surface area contributed by atoms with Crippen LogP contribution in [-0.4, -0.2) is 324 Å². The monoisotopic (exact) mass is 1830 g/mol. The molecule has 0 bridgehead atoms. The Kier molecular flexibility index (Phi) is 54.6. The van der Waals surface area contributed by atoms with E-state index < -0.39 is 206 Å². The Bertz CT molecular complexity index is 3300. The first-order chi connectivity index (χ1) is 60.8. The van der Waals surface area contributed by atoms with Crippen molar-refractivity contribution in [1.82, 2.24) is 47.9 Å². The third kappa shape index (κ3) is 48.0. The van der Waals surface area contributed by atoms with E-state index in [1.165, 1.54) is 20.8 Å². The Labute approximate surface area is 741 Å². The van der Waals surface area contributed by atoms with Crippen molar-refractivity contribution in [2.24, 2.45) is 10.5 Å². The van der Waals surface area contributed by atoms with Crippen LogP contribution in [0.3, 0.4) is 0 Å². The summed E-state index contributed by atoms with van der Waals surface area (Å²) in [7, 11) is 0. The Morgan fingerprint density at radius 1 is 0.305 bits per heavy atom. The maximum absolute atomic E-state index is 13.0. The predicted molar refractivity (Wildman–Crippen MR) is 436 cm³/mol. The van der Waals surface area contributed by atoms with E-state index in [4.69, 9.17) is 85.3 Å². The Balaban J connectivity index is 1.53. The minimum absolute atomic E-state index is 0.00669. The van der Waals surface area contributed by atoms with Crippen molar-refractivity contribution in [3.8, 4) is 0 Å². The van der Waals surface area contributed by atoms with Gasteiger partial charge in [0, 0.05) is 198 Å². The molecule has 3 aliphatic heterocycles. The Hall–Kier alpha value is -10.6. The fourth-order valence-electron chi connectivity index (χ4n) is 13.0. The lowest BCUT2D eigenvalue weighted by atomic mass is 9.91. The van der Waals surface area contributed by atoms with E-state index in [1.54, 1.807) is 0 Å². The predicted octanol–water partition coefficient (Wildman–Crippen LogP) is -1.10.